The third-order valence-electron chi connectivity index (χ3n) is 3.00. The molecule has 2 atom stereocenters. The molecule has 1 aliphatic rings. The van der Waals surface area contributed by atoms with Crippen molar-refractivity contribution in [1.29, 1.82) is 0 Å². The number of carbonyl (C=O) groups is 3. The van der Waals surface area contributed by atoms with Crippen LogP contribution >= 0.6 is 11.8 Å². The highest BCUT2D eigenvalue weighted by atomic mass is 32.2. The van der Waals surface area contributed by atoms with Crippen LogP contribution in [0.3, 0.4) is 0 Å². The summed E-state index contributed by atoms with van der Waals surface area (Å²) in [6, 6.07) is -1.42. The number of amides is 2. The van der Waals surface area contributed by atoms with E-state index in [2.05, 4.69) is 5.32 Å². The minimum Gasteiger partial charge on any atom is -0.480 e. The van der Waals surface area contributed by atoms with Gasteiger partial charge in [-0.15, -0.1) is 11.8 Å². The topological polar surface area (TPSA) is 86.7 Å². The van der Waals surface area contributed by atoms with Crippen LogP contribution in [0.4, 0.5) is 0 Å². The zero-order chi connectivity index (χ0) is 14.4. The zero-order valence-corrected chi connectivity index (χ0v) is 12.0. The van der Waals surface area contributed by atoms with Gasteiger partial charge in [-0.05, 0) is 6.42 Å². The second-order valence-corrected chi connectivity index (χ2v) is 5.42. The number of thioether (sulfide) groups is 1. The molecule has 0 saturated carbocycles. The van der Waals surface area contributed by atoms with Gasteiger partial charge in [-0.1, -0.05) is 20.3 Å². The molecule has 2 N–H and O–H groups in total. The number of hydrogen-bond donors (Lipinski definition) is 2. The molecular formula is C12H20N2O4S. The van der Waals surface area contributed by atoms with Crippen molar-refractivity contribution >= 4 is 29.5 Å². The molecule has 19 heavy (non-hydrogen) atoms. The van der Waals surface area contributed by atoms with Gasteiger partial charge in [0.15, 0.2) is 0 Å². The Morgan fingerprint density at radius 1 is 1.42 bits per heavy atom. The van der Waals surface area contributed by atoms with Crippen molar-refractivity contribution < 1.29 is 19.5 Å². The van der Waals surface area contributed by atoms with Crippen LogP contribution in [0.5, 0.6) is 0 Å². The maximum Gasteiger partial charge on any atom is 0.326 e. The third-order valence-corrected chi connectivity index (χ3v) is 4.01. The summed E-state index contributed by atoms with van der Waals surface area (Å²) in [5.74, 6) is -0.457. The van der Waals surface area contributed by atoms with Crippen molar-refractivity contribution in [3.63, 3.8) is 0 Å². The van der Waals surface area contributed by atoms with Gasteiger partial charge in [-0.25, -0.2) is 4.79 Å². The van der Waals surface area contributed by atoms with Crippen LogP contribution in [-0.2, 0) is 14.4 Å². The Bertz CT molecular complexity index is 362. The number of rotatable bonds is 6. The average Bonchev–Trinajstić information content (AvgIpc) is 2.86. The van der Waals surface area contributed by atoms with Crippen LogP contribution in [0, 0.1) is 0 Å². The SMILES string of the molecule is CCCC(NC(=O)C1CSCN1C(=O)CC)C(=O)O. The zero-order valence-electron chi connectivity index (χ0n) is 11.2. The van der Waals surface area contributed by atoms with E-state index in [1.54, 1.807) is 6.92 Å². The molecule has 1 heterocycles. The van der Waals surface area contributed by atoms with E-state index in [4.69, 9.17) is 5.11 Å². The molecule has 2 amide bonds. The van der Waals surface area contributed by atoms with Crippen LogP contribution in [0.2, 0.25) is 0 Å². The number of carboxylic acids is 1. The summed E-state index contributed by atoms with van der Waals surface area (Å²) < 4.78 is 0. The summed E-state index contributed by atoms with van der Waals surface area (Å²) in [7, 11) is 0. The van der Waals surface area contributed by atoms with Crippen LogP contribution in [0.1, 0.15) is 33.1 Å². The monoisotopic (exact) mass is 288 g/mol. The summed E-state index contributed by atoms with van der Waals surface area (Å²) in [5, 5.41) is 11.5. The lowest BCUT2D eigenvalue weighted by molar-refractivity contribution is -0.143. The smallest absolute Gasteiger partial charge is 0.326 e. The van der Waals surface area contributed by atoms with Gasteiger partial charge in [0.25, 0.3) is 0 Å². The predicted octanol–water partition coefficient (Wildman–Crippen LogP) is 0.667. The molecule has 1 aliphatic heterocycles. The number of nitrogens with zero attached hydrogens (tertiary/aromatic N) is 1. The molecule has 2 unspecified atom stereocenters. The summed E-state index contributed by atoms with van der Waals surface area (Å²) in [6.45, 7) is 3.61. The lowest BCUT2D eigenvalue weighted by Gasteiger charge is -2.24. The standard InChI is InChI=1S/C12H20N2O4S/c1-3-5-8(12(17)18)13-11(16)9-6-19-7-14(9)10(15)4-2/h8-9H,3-7H2,1-2H3,(H,13,16)(H,17,18). The number of carbonyl (C=O) groups excluding carboxylic acids is 2. The van der Waals surface area contributed by atoms with Crippen molar-refractivity contribution in [3.05, 3.63) is 0 Å². The van der Waals surface area contributed by atoms with Gasteiger partial charge in [0.2, 0.25) is 11.8 Å². The van der Waals surface area contributed by atoms with E-state index in [0.29, 0.717) is 30.9 Å². The van der Waals surface area contributed by atoms with E-state index in [1.807, 2.05) is 6.92 Å². The van der Waals surface area contributed by atoms with Crippen molar-refractivity contribution in [3.8, 4) is 0 Å². The first-order valence-corrected chi connectivity index (χ1v) is 7.57. The first kappa shape index (κ1) is 15.8. The van der Waals surface area contributed by atoms with E-state index < -0.39 is 18.1 Å². The van der Waals surface area contributed by atoms with Gasteiger partial charge in [0.1, 0.15) is 12.1 Å². The lowest BCUT2D eigenvalue weighted by atomic mass is 10.1. The molecule has 0 aromatic rings. The Balaban J connectivity index is 2.65. The number of carboxylic acid groups (broad SMARTS) is 1. The first-order chi connectivity index (χ1) is 9.01. The van der Waals surface area contributed by atoms with Gasteiger partial charge in [0.05, 0.1) is 5.88 Å². The van der Waals surface area contributed by atoms with Crippen molar-refractivity contribution in [2.45, 2.75) is 45.2 Å². The largest absolute Gasteiger partial charge is 0.480 e. The molecule has 0 aliphatic carbocycles. The normalized spacial score (nSPS) is 20.1. The van der Waals surface area contributed by atoms with Crippen LogP contribution in [0.15, 0.2) is 0 Å². The minimum atomic E-state index is -1.03. The van der Waals surface area contributed by atoms with E-state index in [1.165, 1.54) is 16.7 Å². The molecule has 1 rings (SSSR count). The minimum absolute atomic E-state index is 0.0764. The van der Waals surface area contributed by atoms with Gasteiger partial charge in [0, 0.05) is 12.2 Å². The number of aliphatic carboxylic acids is 1. The molecule has 0 aromatic heterocycles. The van der Waals surface area contributed by atoms with Crippen LogP contribution < -0.4 is 5.32 Å². The lowest BCUT2D eigenvalue weighted by Crippen LogP contribution is -2.51. The molecule has 7 heteroatoms. The summed E-state index contributed by atoms with van der Waals surface area (Å²) >= 11 is 1.51. The van der Waals surface area contributed by atoms with Crippen LogP contribution in [0.25, 0.3) is 0 Å². The molecule has 0 bridgehead atoms. The van der Waals surface area contributed by atoms with Gasteiger partial charge < -0.3 is 15.3 Å². The Kier molecular flexibility index (Phi) is 6.14. The Hall–Kier alpha value is -1.24. The fraction of sp³-hybridized carbons (Fsp3) is 0.750. The molecule has 1 fully saturated rings. The maximum absolute atomic E-state index is 12.1. The van der Waals surface area contributed by atoms with E-state index in [0.717, 1.165) is 0 Å². The summed E-state index contributed by atoms with van der Waals surface area (Å²) in [5.41, 5.74) is 0. The Morgan fingerprint density at radius 3 is 2.63 bits per heavy atom. The molecule has 0 aromatic carbocycles. The summed E-state index contributed by atoms with van der Waals surface area (Å²) in [6.07, 6.45) is 1.42. The summed E-state index contributed by atoms with van der Waals surface area (Å²) in [4.78, 5) is 36.3. The molecule has 6 nitrogen and oxygen atoms in total. The second kappa shape index (κ2) is 7.37. The second-order valence-electron chi connectivity index (χ2n) is 4.42. The molecule has 0 radical (unpaired) electrons. The number of nitrogens with one attached hydrogen (secondary N) is 1. The van der Waals surface area contributed by atoms with Gasteiger partial charge in [-0.2, -0.15) is 0 Å². The van der Waals surface area contributed by atoms with Crippen molar-refractivity contribution in [2.75, 3.05) is 11.6 Å². The van der Waals surface area contributed by atoms with E-state index in [9.17, 15) is 14.4 Å². The highest BCUT2D eigenvalue weighted by Crippen LogP contribution is 2.22. The fourth-order valence-corrected chi connectivity index (χ4v) is 3.10. The molecule has 0 spiro atoms. The predicted molar refractivity (Wildman–Crippen MR) is 72.7 cm³/mol. The Labute approximate surface area is 116 Å². The fourth-order valence-electron chi connectivity index (χ4n) is 1.92. The van der Waals surface area contributed by atoms with Crippen LogP contribution in [-0.4, -0.2) is 51.5 Å². The first-order valence-electron chi connectivity index (χ1n) is 6.41. The quantitative estimate of drug-likeness (QED) is 0.750. The molecular weight excluding hydrogens is 268 g/mol. The van der Waals surface area contributed by atoms with Crippen molar-refractivity contribution in [2.24, 2.45) is 0 Å². The average molecular weight is 288 g/mol. The highest BCUT2D eigenvalue weighted by Gasteiger charge is 2.35. The maximum atomic E-state index is 12.1. The number of hydrogen-bond acceptors (Lipinski definition) is 4. The highest BCUT2D eigenvalue weighted by molar-refractivity contribution is 7.99. The van der Waals surface area contributed by atoms with E-state index in [-0.39, 0.29) is 11.8 Å². The van der Waals surface area contributed by atoms with Gasteiger partial charge >= 0.3 is 5.97 Å². The Morgan fingerprint density at radius 2 is 2.11 bits per heavy atom. The molecule has 108 valence electrons. The third kappa shape index (κ3) is 4.12. The van der Waals surface area contributed by atoms with Crippen molar-refractivity contribution in [1.82, 2.24) is 10.2 Å². The molecule has 1 saturated heterocycles. The van der Waals surface area contributed by atoms with Gasteiger partial charge in [-0.3, -0.25) is 9.59 Å². The van der Waals surface area contributed by atoms with E-state index >= 15 is 0 Å².